The van der Waals surface area contributed by atoms with Crippen molar-refractivity contribution in [2.75, 3.05) is 18.8 Å². The van der Waals surface area contributed by atoms with E-state index in [2.05, 4.69) is 5.10 Å². The van der Waals surface area contributed by atoms with Crippen molar-refractivity contribution >= 4 is 10.0 Å². The van der Waals surface area contributed by atoms with Crippen molar-refractivity contribution < 1.29 is 8.42 Å². The lowest BCUT2D eigenvalue weighted by Gasteiger charge is -2.30. The maximum atomic E-state index is 12.7. The Morgan fingerprint density at radius 1 is 1.11 bits per heavy atom. The Labute approximate surface area is 160 Å². The molecule has 1 aliphatic heterocycles. The van der Waals surface area contributed by atoms with E-state index < -0.39 is 10.0 Å². The van der Waals surface area contributed by atoms with Crippen molar-refractivity contribution in [3.8, 4) is 0 Å². The molecule has 1 aromatic heterocycles. The van der Waals surface area contributed by atoms with Gasteiger partial charge in [0.2, 0.25) is 10.0 Å². The summed E-state index contributed by atoms with van der Waals surface area (Å²) in [6.07, 6.45) is 2.02. The van der Waals surface area contributed by atoms with Crippen molar-refractivity contribution in [1.82, 2.24) is 18.7 Å². The molecule has 0 amide bonds. The highest BCUT2D eigenvalue weighted by molar-refractivity contribution is 7.89. The second kappa shape index (κ2) is 8.39. The third-order valence-electron chi connectivity index (χ3n) is 5.12. The van der Waals surface area contributed by atoms with Crippen LogP contribution in [-0.2, 0) is 23.1 Å². The molecule has 0 bridgehead atoms. The predicted octanol–water partition coefficient (Wildman–Crippen LogP) is 2.03. The summed E-state index contributed by atoms with van der Waals surface area (Å²) >= 11 is 0. The van der Waals surface area contributed by atoms with Crippen LogP contribution in [0, 0.1) is 0 Å². The Bertz CT molecular complexity index is 910. The number of benzene rings is 1. The zero-order chi connectivity index (χ0) is 19.4. The van der Waals surface area contributed by atoms with Gasteiger partial charge < -0.3 is 0 Å². The average Bonchev–Trinajstić information content (AvgIpc) is 2.98. The van der Waals surface area contributed by atoms with Crippen molar-refractivity contribution in [3.05, 3.63) is 52.2 Å². The third kappa shape index (κ3) is 4.32. The van der Waals surface area contributed by atoms with Gasteiger partial charge in [-0.15, -0.1) is 0 Å². The van der Waals surface area contributed by atoms with Crippen LogP contribution in [0.3, 0.4) is 0 Å². The monoisotopic (exact) mass is 392 g/mol. The molecule has 0 spiro atoms. The molecule has 1 aliphatic rings. The fourth-order valence-corrected chi connectivity index (χ4v) is 5.24. The van der Waals surface area contributed by atoms with E-state index in [1.54, 1.807) is 8.87 Å². The largest absolute Gasteiger partial charge is 0.346 e. The highest BCUT2D eigenvalue weighted by atomic mass is 32.2. The molecule has 1 saturated heterocycles. The standard InChI is InChI=1S/C19H28N4O3S/c1-3-14-27(25,26)21-12-10-17(11-13-21)18-20-23(19(24)22(18)4-2)15-16-8-6-5-7-9-16/h5-9,17H,3-4,10-15H2,1-2H3. The van der Waals surface area contributed by atoms with Crippen LogP contribution in [0.5, 0.6) is 0 Å². The summed E-state index contributed by atoms with van der Waals surface area (Å²) < 4.78 is 29.4. The minimum Gasteiger partial charge on any atom is -0.279 e. The van der Waals surface area contributed by atoms with Gasteiger partial charge in [-0.1, -0.05) is 37.3 Å². The lowest BCUT2D eigenvalue weighted by Crippen LogP contribution is -2.39. The van der Waals surface area contributed by atoms with E-state index >= 15 is 0 Å². The van der Waals surface area contributed by atoms with Gasteiger partial charge in [-0.3, -0.25) is 4.57 Å². The maximum absolute atomic E-state index is 12.7. The first-order valence-corrected chi connectivity index (χ1v) is 11.3. The Balaban J connectivity index is 1.78. The van der Waals surface area contributed by atoms with E-state index in [0.29, 0.717) is 45.4 Å². The molecule has 0 saturated carbocycles. The van der Waals surface area contributed by atoms with Crippen LogP contribution >= 0.6 is 0 Å². The topological polar surface area (TPSA) is 77.2 Å². The molecule has 2 heterocycles. The van der Waals surface area contributed by atoms with Crippen LogP contribution in [0.25, 0.3) is 0 Å². The summed E-state index contributed by atoms with van der Waals surface area (Å²) in [6.45, 7) is 5.83. The van der Waals surface area contributed by atoms with E-state index in [1.165, 1.54) is 4.68 Å². The SMILES string of the molecule is CCCS(=O)(=O)N1CCC(c2nn(Cc3ccccc3)c(=O)n2CC)CC1. The maximum Gasteiger partial charge on any atom is 0.346 e. The van der Waals surface area contributed by atoms with Gasteiger partial charge in [0.05, 0.1) is 12.3 Å². The molecule has 0 N–H and O–H groups in total. The Kier molecular flexibility index (Phi) is 6.16. The van der Waals surface area contributed by atoms with Crippen molar-refractivity contribution in [2.45, 2.75) is 52.1 Å². The van der Waals surface area contributed by atoms with Crippen LogP contribution in [0.1, 0.15) is 50.4 Å². The number of piperidine rings is 1. The molecule has 0 aliphatic carbocycles. The Morgan fingerprint density at radius 3 is 2.37 bits per heavy atom. The van der Waals surface area contributed by atoms with E-state index in [4.69, 9.17) is 0 Å². The van der Waals surface area contributed by atoms with E-state index in [-0.39, 0.29) is 17.4 Å². The lowest BCUT2D eigenvalue weighted by atomic mass is 9.97. The number of hydrogen-bond donors (Lipinski definition) is 0. The zero-order valence-corrected chi connectivity index (χ0v) is 16.9. The lowest BCUT2D eigenvalue weighted by molar-refractivity contribution is 0.308. The molecule has 1 aromatic carbocycles. The van der Waals surface area contributed by atoms with Gasteiger partial charge in [-0.05, 0) is 31.7 Å². The van der Waals surface area contributed by atoms with Gasteiger partial charge in [-0.25, -0.2) is 22.2 Å². The summed E-state index contributed by atoms with van der Waals surface area (Å²) in [4.78, 5) is 12.7. The van der Waals surface area contributed by atoms with Gasteiger partial charge >= 0.3 is 5.69 Å². The first-order chi connectivity index (χ1) is 13.0. The Morgan fingerprint density at radius 2 is 1.78 bits per heavy atom. The molecule has 7 nitrogen and oxygen atoms in total. The minimum absolute atomic E-state index is 0.0996. The van der Waals surface area contributed by atoms with Gasteiger partial charge in [0.25, 0.3) is 0 Å². The molecular weight excluding hydrogens is 364 g/mol. The normalized spacial score (nSPS) is 16.7. The van der Waals surface area contributed by atoms with Crippen LogP contribution in [0.15, 0.2) is 35.1 Å². The van der Waals surface area contributed by atoms with Gasteiger partial charge in [0.1, 0.15) is 5.82 Å². The first-order valence-electron chi connectivity index (χ1n) is 9.65. The highest BCUT2D eigenvalue weighted by Crippen LogP contribution is 2.27. The minimum atomic E-state index is -3.16. The van der Waals surface area contributed by atoms with Gasteiger partial charge in [-0.2, -0.15) is 5.10 Å². The van der Waals surface area contributed by atoms with Crippen LogP contribution in [-0.4, -0.2) is 45.9 Å². The first kappa shape index (κ1) is 19.8. The third-order valence-corrected chi connectivity index (χ3v) is 7.19. The van der Waals surface area contributed by atoms with Crippen molar-refractivity contribution in [1.29, 1.82) is 0 Å². The Hall–Kier alpha value is -1.93. The summed E-state index contributed by atoms with van der Waals surface area (Å²) in [5.74, 6) is 1.09. The molecule has 3 rings (SSSR count). The molecular formula is C19H28N4O3S. The summed E-state index contributed by atoms with van der Waals surface area (Å²) in [7, 11) is -3.16. The van der Waals surface area contributed by atoms with E-state index in [9.17, 15) is 13.2 Å². The summed E-state index contributed by atoms with van der Waals surface area (Å²) in [5.41, 5.74) is 0.935. The second-order valence-corrected chi connectivity index (χ2v) is 9.11. The van der Waals surface area contributed by atoms with E-state index in [0.717, 1.165) is 11.4 Å². The molecule has 8 heteroatoms. The fraction of sp³-hybridized carbons (Fsp3) is 0.579. The van der Waals surface area contributed by atoms with Crippen LogP contribution < -0.4 is 5.69 Å². The number of nitrogens with zero attached hydrogens (tertiary/aromatic N) is 4. The molecule has 1 fully saturated rings. The molecule has 148 valence electrons. The molecule has 0 radical (unpaired) electrons. The number of hydrogen-bond acceptors (Lipinski definition) is 4. The van der Waals surface area contributed by atoms with Crippen LogP contribution in [0.2, 0.25) is 0 Å². The fourth-order valence-electron chi connectivity index (χ4n) is 3.70. The van der Waals surface area contributed by atoms with E-state index in [1.807, 2.05) is 44.2 Å². The van der Waals surface area contributed by atoms with Gasteiger partial charge in [0.15, 0.2) is 0 Å². The number of sulfonamides is 1. The molecule has 0 atom stereocenters. The zero-order valence-electron chi connectivity index (χ0n) is 16.0. The second-order valence-electron chi connectivity index (χ2n) is 7.02. The highest BCUT2D eigenvalue weighted by Gasteiger charge is 2.31. The predicted molar refractivity (Wildman–Crippen MR) is 105 cm³/mol. The summed E-state index contributed by atoms with van der Waals surface area (Å²) in [5, 5.41) is 4.62. The number of rotatable bonds is 7. The van der Waals surface area contributed by atoms with Gasteiger partial charge in [0, 0.05) is 25.6 Å². The summed E-state index contributed by atoms with van der Waals surface area (Å²) in [6, 6.07) is 9.81. The smallest absolute Gasteiger partial charge is 0.279 e. The number of aromatic nitrogens is 3. The average molecular weight is 393 g/mol. The molecule has 0 unspecified atom stereocenters. The molecule has 27 heavy (non-hydrogen) atoms. The van der Waals surface area contributed by atoms with Crippen LogP contribution in [0.4, 0.5) is 0 Å². The quantitative estimate of drug-likeness (QED) is 0.722. The van der Waals surface area contributed by atoms with Crippen molar-refractivity contribution in [3.63, 3.8) is 0 Å². The van der Waals surface area contributed by atoms with Crippen molar-refractivity contribution in [2.24, 2.45) is 0 Å². The molecule has 2 aromatic rings.